The summed E-state index contributed by atoms with van der Waals surface area (Å²) in [5.74, 6) is -0.941. The molecule has 0 aromatic heterocycles. The minimum atomic E-state index is -0.941. The maximum absolute atomic E-state index is 10.9. The summed E-state index contributed by atoms with van der Waals surface area (Å²) in [6, 6.07) is 5.55. The van der Waals surface area contributed by atoms with Gasteiger partial charge in [0.15, 0.2) is 0 Å². The van der Waals surface area contributed by atoms with Gasteiger partial charge in [0.25, 0.3) is 0 Å². The Hall–Kier alpha value is -1.10. The van der Waals surface area contributed by atoms with Crippen LogP contribution in [0.3, 0.4) is 0 Å². The van der Waals surface area contributed by atoms with Gasteiger partial charge in [-0.1, -0.05) is 24.6 Å². The zero-order valence-electron chi connectivity index (χ0n) is 12.7. The van der Waals surface area contributed by atoms with Crippen molar-refractivity contribution < 1.29 is 9.90 Å². The van der Waals surface area contributed by atoms with Crippen LogP contribution >= 0.6 is 11.6 Å². The van der Waals surface area contributed by atoms with E-state index in [2.05, 4.69) is 23.8 Å². The van der Waals surface area contributed by atoms with Gasteiger partial charge in [0.1, 0.15) is 0 Å². The fourth-order valence-corrected chi connectivity index (χ4v) is 3.12. The topological polar surface area (TPSA) is 43.8 Å². The van der Waals surface area contributed by atoms with Crippen LogP contribution in [0, 0.1) is 0 Å². The fourth-order valence-electron chi connectivity index (χ4n) is 2.88. The molecule has 2 rings (SSSR count). The first-order valence-corrected chi connectivity index (χ1v) is 7.83. The van der Waals surface area contributed by atoms with Crippen molar-refractivity contribution in [2.75, 3.05) is 26.7 Å². The van der Waals surface area contributed by atoms with Gasteiger partial charge in [-0.05, 0) is 57.2 Å². The third kappa shape index (κ3) is 4.19. The summed E-state index contributed by atoms with van der Waals surface area (Å²) in [6.45, 7) is 6.39. The highest BCUT2D eigenvalue weighted by Gasteiger charge is 2.22. The molecule has 0 radical (unpaired) electrons. The number of carboxylic acids is 1. The Morgan fingerprint density at radius 2 is 2.10 bits per heavy atom. The molecule has 1 aliphatic heterocycles. The molecule has 1 N–H and O–H groups in total. The van der Waals surface area contributed by atoms with Crippen molar-refractivity contribution in [2.24, 2.45) is 0 Å². The summed E-state index contributed by atoms with van der Waals surface area (Å²) >= 11 is 6.20. The van der Waals surface area contributed by atoms with Crippen LogP contribution in [0.25, 0.3) is 0 Å². The van der Waals surface area contributed by atoms with E-state index in [9.17, 15) is 4.79 Å². The first kappa shape index (κ1) is 16.3. The van der Waals surface area contributed by atoms with Crippen molar-refractivity contribution in [1.82, 2.24) is 9.80 Å². The smallest absolute Gasteiger partial charge is 0.335 e. The van der Waals surface area contributed by atoms with E-state index < -0.39 is 5.97 Å². The molecular weight excluding hydrogens is 288 g/mol. The van der Waals surface area contributed by atoms with Crippen molar-refractivity contribution in [3.8, 4) is 0 Å². The minimum absolute atomic E-state index is 0.239. The number of carboxylic acid groups (broad SMARTS) is 1. The Balaban J connectivity index is 1.96. The predicted molar refractivity (Wildman–Crippen MR) is 85.0 cm³/mol. The highest BCUT2D eigenvalue weighted by molar-refractivity contribution is 6.31. The van der Waals surface area contributed by atoms with Crippen LogP contribution in [-0.4, -0.2) is 53.6 Å². The van der Waals surface area contributed by atoms with E-state index in [1.165, 1.54) is 18.9 Å². The second-order valence-electron chi connectivity index (χ2n) is 5.69. The zero-order valence-corrected chi connectivity index (χ0v) is 13.4. The van der Waals surface area contributed by atoms with E-state index in [0.717, 1.165) is 31.7 Å². The summed E-state index contributed by atoms with van der Waals surface area (Å²) in [5.41, 5.74) is 1.23. The number of carbonyl (C=O) groups is 1. The van der Waals surface area contributed by atoms with Gasteiger partial charge in [-0.25, -0.2) is 4.79 Å². The lowest BCUT2D eigenvalue weighted by Crippen LogP contribution is -2.42. The van der Waals surface area contributed by atoms with Crippen molar-refractivity contribution in [1.29, 1.82) is 0 Å². The number of piperidine rings is 1. The van der Waals surface area contributed by atoms with Gasteiger partial charge >= 0.3 is 5.97 Å². The Morgan fingerprint density at radius 1 is 1.43 bits per heavy atom. The van der Waals surface area contributed by atoms with E-state index in [1.807, 2.05) is 6.07 Å². The van der Waals surface area contributed by atoms with E-state index in [4.69, 9.17) is 16.7 Å². The Morgan fingerprint density at radius 3 is 2.62 bits per heavy atom. The molecule has 0 amide bonds. The Kier molecular flexibility index (Phi) is 5.62. The normalized spacial score (nSPS) is 17.3. The molecule has 1 fully saturated rings. The van der Waals surface area contributed by atoms with Gasteiger partial charge < -0.3 is 10.0 Å². The number of rotatable bonds is 5. The third-order valence-electron chi connectivity index (χ3n) is 4.35. The van der Waals surface area contributed by atoms with E-state index >= 15 is 0 Å². The number of halogens is 1. The zero-order chi connectivity index (χ0) is 15.4. The molecule has 21 heavy (non-hydrogen) atoms. The van der Waals surface area contributed by atoms with Crippen molar-refractivity contribution in [2.45, 2.75) is 32.4 Å². The lowest BCUT2D eigenvalue weighted by Gasteiger charge is -2.36. The molecule has 5 heteroatoms. The molecule has 1 aromatic rings. The average Bonchev–Trinajstić information content (AvgIpc) is 2.49. The second-order valence-corrected chi connectivity index (χ2v) is 6.10. The van der Waals surface area contributed by atoms with Gasteiger partial charge in [0.05, 0.1) is 5.56 Å². The Labute approximate surface area is 131 Å². The quantitative estimate of drug-likeness (QED) is 0.908. The van der Waals surface area contributed by atoms with Crippen LogP contribution in [-0.2, 0) is 6.54 Å². The minimum Gasteiger partial charge on any atom is -0.478 e. The van der Waals surface area contributed by atoms with Crippen LogP contribution in [0.5, 0.6) is 0 Å². The van der Waals surface area contributed by atoms with E-state index in [-0.39, 0.29) is 5.56 Å². The molecule has 116 valence electrons. The number of aromatic carboxylic acids is 1. The van der Waals surface area contributed by atoms with Gasteiger partial charge in [0, 0.05) is 17.6 Å². The summed E-state index contributed by atoms with van der Waals surface area (Å²) in [6.07, 6.45) is 2.35. The van der Waals surface area contributed by atoms with E-state index in [0.29, 0.717) is 11.1 Å². The van der Waals surface area contributed by atoms with Crippen molar-refractivity contribution >= 4 is 17.6 Å². The molecule has 0 aliphatic carbocycles. The van der Waals surface area contributed by atoms with Crippen LogP contribution < -0.4 is 0 Å². The number of hydrogen-bond acceptors (Lipinski definition) is 3. The molecule has 0 bridgehead atoms. The summed E-state index contributed by atoms with van der Waals surface area (Å²) < 4.78 is 0. The van der Waals surface area contributed by atoms with Crippen LogP contribution in [0.15, 0.2) is 18.2 Å². The first-order valence-electron chi connectivity index (χ1n) is 7.45. The molecule has 1 saturated heterocycles. The molecule has 0 atom stereocenters. The predicted octanol–water partition coefficient (Wildman–Crippen LogP) is 2.95. The molecule has 0 spiro atoms. The standard InChI is InChI=1S/C16H23ClN2O2/c1-3-19-8-6-14(7-9-19)18(2)11-13-5-4-12(16(20)21)10-15(13)17/h4-5,10,14H,3,6-9,11H2,1-2H3,(H,20,21). The van der Waals surface area contributed by atoms with Gasteiger partial charge in [-0.2, -0.15) is 0 Å². The highest BCUT2D eigenvalue weighted by Crippen LogP contribution is 2.22. The maximum Gasteiger partial charge on any atom is 0.335 e. The largest absolute Gasteiger partial charge is 0.478 e. The molecule has 1 aliphatic rings. The maximum atomic E-state index is 10.9. The number of benzene rings is 1. The molecular formula is C16H23ClN2O2. The lowest BCUT2D eigenvalue weighted by atomic mass is 10.0. The van der Waals surface area contributed by atoms with Crippen LogP contribution in [0.1, 0.15) is 35.7 Å². The summed E-state index contributed by atoms with van der Waals surface area (Å²) in [4.78, 5) is 15.7. The molecule has 1 aromatic carbocycles. The number of nitrogens with zero attached hydrogens (tertiary/aromatic N) is 2. The summed E-state index contributed by atoms with van der Waals surface area (Å²) in [5, 5.41) is 9.50. The lowest BCUT2D eigenvalue weighted by molar-refractivity contribution is 0.0697. The Bertz CT molecular complexity index is 499. The van der Waals surface area contributed by atoms with Crippen molar-refractivity contribution in [3.05, 3.63) is 34.3 Å². The first-order chi connectivity index (χ1) is 10.0. The van der Waals surface area contributed by atoms with Gasteiger partial charge in [-0.3, -0.25) is 4.90 Å². The third-order valence-corrected chi connectivity index (χ3v) is 4.70. The van der Waals surface area contributed by atoms with Gasteiger partial charge in [-0.15, -0.1) is 0 Å². The molecule has 4 nitrogen and oxygen atoms in total. The second kappa shape index (κ2) is 7.25. The van der Waals surface area contributed by atoms with Crippen LogP contribution in [0.2, 0.25) is 5.02 Å². The molecule has 1 heterocycles. The van der Waals surface area contributed by atoms with E-state index in [1.54, 1.807) is 6.07 Å². The fraction of sp³-hybridized carbons (Fsp3) is 0.562. The monoisotopic (exact) mass is 310 g/mol. The van der Waals surface area contributed by atoms with Crippen molar-refractivity contribution in [3.63, 3.8) is 0 Å². The highest BCUT2D eigenvalue weighted by atomic mass is 35.5. The number of likely N-dealkylation sites (tertiary alicyclic amines) is 1. The SMILES string of the molecule is CCN1CCC(N(C)Cc2ccc(C(=O)O)cc2Cl)CC1. The average molecular weight is 311 g/mol. The van der Waals surface area contributed by atoms with Gasteiger partial charge in [0.2, 0.25) is 0 Å². The molecule has 0 saturated carbocycles. The number of hydrogen-bond donors (Lipinski definition) is 1. The summed E-state index contributed by atoms with van der Waals surface area (Å²) in [7, 11) is 2.12. The van der Waals surface area contributed by atoms with Crippen LogP contribution in [0.4, 0.5) is 0 Å². The molecule has 0 unspecified atom stereocenters.